The second-order valence-corrected chi connectivity index (χ2v) is 5.84. The fourth-order valence-corrected chi connectivity index (χ4v) is 2.35. The minimum Gasteiger partial charge on any atom is -0.493 e. The van der Waals surface area contributed by atoms with Gasteiger partial charge in [0.25, 0.3) is 0 Å². The predicted octanol–water partition coefficient (Wildman–Crippen LogP) is 4.58. The fraction of sp³-hybridized carbons (Fsp3) is 0.176. The molecule has 2 aromatic carbocycles. The Morgan fingerprint density at radius 3 is 2.73 bits per heavy atom. The summed E-state index contributed by atoms with van der Waals surface area (Å²) in [5.74, 6) is 0.116. The molecule has 0 amide bonds. The first kappa shape index (κ1) is 19.9. The smallest absolute Gasteiger partial charge is 0.387 e. The number of nitrogens with zero attached hydrogens (tertiary/aromatic N) is 1. The van der Waals surface area contributed by atoms with Crippen molar-refractivity contribution >= 4 is 40.8 Å². The molecule has 0 aliphatic carbocycles. The summed E-state index contributed by atoms with van der Waals surface area (Å²) in [6, 6.07) is 9.87. The molecule has 0 radical (unpaired) electrons. The number of alkyl halides is 2. The van der Waals surface area contributed by atoms with Gasteiger partial charge in [-0.3, -0.25) is 5.43 Å². The molecular formula is C17H16ClF2N3O2S. The van der Waals surface area contributed by atoms with Gasteiger partial charge in [0, 0.05) is 10.7 Å². The summed E-state index contributed by atoms with van der Waals surface area (Å²) in [5, 5.41) is 7.88. The Labute approximate surface area is 159 Å². The van der Waals surface area contributed by atoms with Crippen molar-refractivity contribution in [3.63, 3.8) is 0 Å². The summed E-state index contributed by atoms with van der Waals surface area (Å²) in [4.78, 5) is 0. The Morgan fingerprint density at radius 2 is 2.04 bits per heavy atom. The monoisotopic (exact) mass is 399 g/mol. The molecule has 138 valence electrons. The van der Waals surface area contributed by atoms with E-state index in [0.29, 0.717) is 10.6 Å². The van der Waals surface area contributed by atoms with Crippen molar-refractivity contribution in [3.05, 3.63) is 52.5 Å². The number of hydrogen-bond acceptors (Lipinski definition) is 4. The van der Waals surface area contributed by atoms with Crippen LogP contribution in [0.3, 0.4) is 0 Å². The number of ether oxygens (including phenoxy) is 2. The molecule has 0 heterocycles. The first-order valence-electron chi connectivity index (χ1n) is 7.38. The van der Waals surface area contributed by atoms with Crippen molar-refractivity contribution in [3.8, 4) is 11.5 Å². The van der Waals surface area contributed by atoms with Gasteiger partial charge in [-0.15, -0.1) is 0 Å². The summed E-state index contributed by atoms with van der Waals surface area (Å²) in [7, 11) is 1.36. The van der Waals surface area contributed by atoms with Gasteiger partial charge in [-0.25, -0.2) is 0 Å². The van der Waals surface area contributed by atoms with E-state index in [1.807, 2.05) is 13.0 Å². The Bertz CT molecular complexity index is 819. The standard InChI is InChI=1S/C17H16ClF2N3O2S/c1-10-12(18)4-3-5-13(10)22-17(26)23-21-9-11-6-7-14(25-16(19)20)15(8-11)24-2/h3-9,16H,1-2H3,(H2,22,23,26)/b21-9+. The van der Waals surface area contributed by atoms with Crippen LogP contribution in [0.1, 0.15) is 11.1 Å². The van der Waals surface area contributed by atoms with Crippen molar-refractivity contribution in [1.82, 2.24) is 5.43 Å². The number of hydrazone groups is 1. The van der Waals surface area contributed by atoms with E-state index in [2.05, 4.69) is 20.6 Å². The first-order valence-corrected chi connectivity index (χ1v) is 8.17. The van der Waals surface area contributed by atoms with Gasteiger partial charge in [-0.1, -0.05) is 17.7 Å². The third-order valence-corrected chi connectivity index (χ3v) is 3.90. The number of anilines is 1. The SMILES string of the molecule is COc1cc(/C=N/NC(=S)Nc2cccc(Cl)c2C)ccc1OC(F)F. The van der Waals surface area contributed by atoms with E-state index in [9.17, 15) is 8.78 Å². The number of rotatable bonds is 6. The number of benzene rings is 2. The van der Waals surface area contributed by atoms with E-state index >= 15 is 0 Å². The molecule has 0 saturated carbocycles. The Balaban J connectivity index is 1.99. The van der Waals surface area contributed by atoms with Crippen LogP contribution in [-0.2, 0) is 0 Å². The van der Waals surface area contributed by atoms with Gasteiger partial charge in [-0.2, -0.15) is 13.9 Å². The van der Waals surface area contributed by atoms with Crippen LogP contribution >= 0.6 is 23.8 Å². The molecule has 0 atom stereocenters. The van der Waals surface area contributed by atoms with Gasteiger partial charge in [0.15, 0.2) is 16.6 Å². The van der Waals surface area contributed by atoms with Gasteiger partial charge in [0.05, 0.1) is 13.3 Å². The molecule has 0 aromatic heterocycles. The van der Waals surface area contributed by atoms with E-state index in [-0.39, 0.29) is 16.6 Å². The van der Waals surface area contributed by atoms with Crippen molar-refractivity contribution < 1.29 is 18.3 Å². The molecule has 9 heteroatoms. The van der Waals surface area contributed by atoms with Crippen molar-refractivity contribution in [2.24, 2.45) is 5.10 Å². The summed E-state index contributed by atoms with van der Waals surface area (Å²) < 4.78 is 34.0. The molecule has 5 nitrogen and oxygen atoms in total. The number of nitrogens with one attached hydrogen (secondary N) is 2. The average Bonchev–Trinajstić information content (AvgIpc) is 2.59. The molecular weight excluding hydrogens is 384 g/mol. The highest BCUT2D eigenvalue weighted by molar-refractivity contribution is 7.80. The van der Waals surface area contributed by atoms with E-state index in [0.717, 1.165) is 11.3 Å². The van der Waals surface area contributed by atoms with Crippen LogP contribution in [0.2, 0.25) is 5.02 Å². The van der Waals surface area contributed by atoms with Crippen LogP contribution in [0, 0.1) is 6.92 Å². The van der Waals surface area contributed by atoms with Gasteiger partial charge >= 0.3 is 6.61 Å². The highest BCUT2D eigenvalue weighted by Crippen LogP contribution is 2.29. The zero-order valence-corrected chi connectivity index (χ0v) is 15.5. The number of hydrogen-bond donors (Lipinski definition) is 2. The molecule has 2 aromatic rings. The van der Waals surface area contributed by atoms with Crippen LogP contribution in [0.15, 0.2) is 41.5 Å². The predicted molar refractivity (Wildman–Crippen MR) is 103 cm³/mol. The Kier molecular flexibility index (Phi) is 7.11. The minimum atomic E-state index is -2.93. The first-order chi connectivity index (χ1) is 12.4. The number of thiocarbonyl (C=S) groups is 1. The number of methoxy groups -OCH3 is 1. The van der Waals surface area contributed by atoms with Crippen LogP contribution < -0.4 is 20.2 Å². The van der Waals surface area contributed by atoms with E-state index in [4.69, 9.17) is 28.6 Å². The molecule has 0 spiro atoms. The molecule has 0 aliphatic heterocycles. The van der Waals surface area contributed by atoms with E-state index < -0.39 is 6.61 Å². The largest absolute Gasteiger partial charge is 0.493 e. The maximum absolute atomic E-state index is 12.3. The quantitative estimate of drug-likeness (QED) is 0.423. The Hall–Kier alpha value is -2.45. The lowest BCUT2D eigenvalue weighted by atomic mass is 10.2. The third kappa shape index (κ3) is 5.53. The molecule has 2 rings (SSSR count). The van der Waals surface area contributed by atoms with Crippen LogP contribution in [-0.4, -0.2) is 25.0 Å². The zero-order chi connectivity index (χ0) is 19.1. The lowest BCUT2D eigenvalue weighted by molar-refractivity contribution is -0.0512. The molecule has 26 heavy (non-hydrogen) atoms. The molecule has 2 N–H and O–H groups in total. The van der Waals surface area contributed by atoms with Crippen molar-refractivity contribution in [2.75, 3.05) is 12.4 Å². The normalized spacial score (nSPS) is 10.8. The van der Waals surface area contributed by atoms with Crippen molar-refractivity contribution in [2.45, 2.75) is 13.5 Å². The van der Waals surface area contributed by atoms with Crippen LogP contribution in [0.25, 0.3) is 0 Å². The van der Waals surface area contributed by atoms with Gasteiger partial charge in [0.1, 0.15) is 0 Å². The number of halogens is 3. The second kappa shape index (κ2) is 9.30. The Morgan fingerprint density at radius 1 is 1.27 bits per heavy atom. The third-order valence-electron chi connectivity index (χ3n) is 3.30. The maximum atomic E-state index is 12.3. The maximum Gasteiger partial charge on any atom is 0.387 e. The lowest BCUT2D eigenvalue weighted by Crippen LogP contribution is -2.24. The summed E-state index contributed by atoms with van der Waals surface area (Å²) in [6.45, 7) is -1.06. The van der Waals surface area contributed by atoms with Gasteiger partial charge in [0.2, 0.25) is 0 Å². The van der Waals surface area contributed by atoms with Crippen LogP contribution in [0.5, 0.6) is 11.5 Å². The van der Waals surface area contributed by atoms with Gasteiger partial charge in [-0.05, 0) is 60.6 Å². The zero-order valence-electron chi connectivity index (χ0n) is 13.9. The molecule has 0 bridgehead atoms. The topological polar surface area (TPSA) is 54.9 Å². The molecule has 0 unspecified atom stereocenters. The van der Waals surface area contributed by atoms with Gasteiger partial charge < -0.3 is 14.8 Å². The van der Waals surface area contributed by atoms with E-state index in [1.54, 1.807) is 18.2 Å². The fourth-order valence-electron chi connectivity index (χ4n) is 2.02. The molecule has 0 fully saturated rings. The minimum absolute atomic E-state index is 0.0544. The summed E-state index contributed by atoms with van der Waals surface area (Å²) in [5.41, 5.74) is 4.90. The van der Waals surface area contributed by atoms with Crippen LogP contribution in [0.4, 0.5) is 14.5 Å². The lowest BCUT2D eigenvalue weighted by Gasteiger charge is -2.11. The summed E-state index contributed by atoms with van der Waals surface area (Å²) in [6.07, 6.45) is 1.47. The van der Waals surface area contributed by atoms with Crippen molar-refractivity contribution in [1.29, 1.82) is 0 Å². The van der Waals surface area contributed by atoms with E-state index in [1.165, 1.54) is 25.5 Å². The average molecular weight is 400 g/mol. The highest BCUT2D eigenvalue weighted by atomic mass is 35.5. The molecule has 0 saturated heterocycles. The summed E-state index contributed by atoms with van der Waals surface area (Å²) >= 11 is 11.2. The molecule has 0 aliphatic rings. The second-order valence-electron chi connectivity index (χ2n) is 5.03. The highest BCUT2D eigenvalue weighted by Gasteiger charge is 2.10.